The number of carbonyl (C=O) groups is 4. The summed E-state index contributed by atoms with van der Waals surface area (Å²) in [5.74, 6) is -1.53. The van der Waals surface area contributed by atoms with Crippen LogP contribution in [0.3, 0.4) is 0 Å². The van der Waals surface area contributed by atoms with E-state index in [9.17, 15) is 19.2 Å². The highest BCUT2D eigenvalue weighted by atomic mass is 16.7. The van der Waals surface area contributed by atoms with Gasteiger partial charge in [0.05, 0.1) is 18.9 Å². The number of esters is 3. The zero-order valence-corrected chi connectivity index (χ0v) is 40.4. The molecule has 0 aliphatic carbocycles. The number of unbranched alkanes of at least 4 members (excludes halogenated alkanes) is 18. The van der Waals surface area contributed by atoms with E-state index in [1.54, 1.807) is 0 Å². The second kappa shape index (κ2) is 46.3. The van der Waals surface area contributed by atoms with Crippen molar-refractivity contribution in [3.63, 3.8) is 0 Å². The summed E-state index contributed by atoms with van der Waals surface area (Å²) in [4.78, 5) is 52.3. The first kappa shape index (κ1) is 59.3. The molecule has 0 saturated heterocycles. The second-order valence-electron chi connectivity index (χ2n) is 16.5. The molecule has 0 heterocycles. The maximum atomic E-state index is 12.9. The summed E-state index contributed by atoms with van der Waals surface area (Å²) in [6.45, 7) is 14.9. The van der Waals surface area contributed by atoms with Crippen LogP contribution < -0.4 is 0 Å². The monoisotopic (exact) mass is 884 g/mol. The summed E-state index contributed by atoms with van der Waals surface area (Å²) in [5.41, 5.74) is 0. The Hall–Kier alpha value is -2.70. The molecular weight excluding hydrogens is 791 g/mol. The lowest BCUT2D eigenvalue weighted by atomic mass is 10.1. The molecule has 364 valence electrons. The van der Waals surface area contributed by atoms with E-state index in [0.29, 0.717) is 45.5 Å². The van der Waals surface area contributed by atoms with Gasteiger partial charge >= 0.3 is 24.1 Å². The maximum absolute atomic E-state index is 12.9. The molecule has 0 aromatic heterocycles. The Morgan fingerprint density at radius 1 is 0.452 bits per heavy atom. The molecule has 1 atom stereocenters. The molecule has 0 rings (SSSR count). The highest BCUT2D eigenvalue weighted by Gasteiger charge is 2.20. The molecule has 62 heavy (non-hydrogen) atoms. The van der Waals surface area contributed by atoms with Gasteiger partial charge in [0, 0.05) is 39.0 Å². The molecule has 1 unspecified atom stereocenters. The van der Waals surface area contributed by atoms with E-state index in [4.69, 9.17) is 33.2 Å². The smallest absolute Gasteiger partial charge is 0.465 e. The van der Waals surface area contributed by atoms with Crippen molar-refractivity contribution in [2.45, 2.75) is 214 Å². The Balaban J connectivity index is 4.84. The van der Waals surface area contributed by atoms with Crippen LogP contribution in [0, 0.1) is 5.92 Å². The predicted octanol–water partition coefficient (Wildman–Crippen LogP) is 12.2. The summed E-state index contributed by atoms with van der Waals surface area (Å²) in [6.07, 6.45) is 28.4. The van der Waals surface area contributed by atoms with Gasteiger partial charge in [-0.3, -0.25) is 14.4 Å². The van der Waals surface area contributed by atoms with Crippen LogP contribution in [-0.2, 0) is 47.5 Å². The number of carbonyl (C=O) groups excluding carboxylic acids is 4. The number of allylic oxidation sites excluding steroid dienone is 1. The summed E-state index contributed by atoms with van der Waals surface area (Å²) in [6, 6.07) is 0. The van der Waals surface area contributed by atoms with Crippen molar-refractivity contribution in [2.24, 2.45) is 5.92 Å². The fourth-order valence-electron chi connectivity index (χ4n) is 6.72. The second-order valence-corrected chi connectivity index (χ2v) is 16.5. The van der Waals surface area contributed by atoms with E-state index in [1.165, 1.54) is 77.0 Å². The van der Waals surface area contributed by atoms with E-state index in [-0.39, 0.29) is 51.2 Å². The van der Waals surface area contributed by atoms with Crippen LogP contribution in [0.2, 0.25) is 0 Å². The molecule has 0 aliphatic rings. The van der Waals surface area contributed by atoms with Crippen LogP contribution in [0.4, 0.5) is 4.79 Å². The lowest BCUT2D eigenvalue weighted by Crippen LogP contribution is -2.28. The third-order valence-electron chi connectivity index (χ3n) is 10.8. The van der Waals surface area contributed by atoms with Crippen molar-refractivity contribution in [2.75, 3.05) is 65.9 Å². The third-order valence-corrected chi connectivity index (χ3v) is 10.8. The van der Waals surface area contributed by atoms with Crippen molar-refractivity contribution in [1.29, 1.82) is 0 Å². The first-order chi connectivity index (χ1) is 30.3. The van der Waals surface area contributed by atoms with E-state index >= 15 is 0 Å². The number of rotatable bonds is 46. The minimum atomic E-state index is -0.807. The summed E-state index contributed by atoms with van der Waals surface area (Å²) in [7, 11) is 0. The molecule has 0 fully saturated rings. The van der Waals surface area contributed by atoms with Crippen LogP contribution in [0.5, 0.6) is 0 Å². The fourth-order valence-corrected chi connectivity index (χ4v) is 6.72. The lowest BCUT2D eigenvalue weighted by Gasteiger charge is -2.20. The average molecular weight is 884 g/mol. The van der Waals surface area contributed by atoms with Crippen LogP contribution in [-0.4, -0.2) is 101 Å². The zero-order chi connectivity index (χ0) is 45.6. The number of hydrogen-bond donors (Lipinski definition) is 0. The van der Waals surface area contributed by atoms with Gasteiger partial charge in [0.2, 0.25) is 0 Å². The molecule has 0 spiro atoms. The Morgan fingerprint density at radius 3 is 1.47 bits per heavy atom. The average Bonchev–Trinajstić information content (AvgIpc) is 3.27. The molecule has 0 aromatic rings. The van der Waals surface area contributed by atoms with Crippen molar-refractivity contribution >= 4 is 24.1 Å². The maximum Gasteiger partial charge on any atom is 0.508 e. The third kappa shape index (κ3) is 41.3. The normalized spacial score (nSPS) is 12.0. The molecule has 0 saturated carbocycles. The number of hydrogen-bond acceptors (Lipinski definition) is 12. The molecule has 0 aromatic carbocycles. The molecule has 0 radical (unpaired) electrons. The summed E-state index contributed by atoms with van der Waals surface area (Å²) < 4.78 is 39.3. The molecule has 0 amide bonds. The standard InChI is InChI=1S/C50H93NO11/c1-6-11-14-17-20-26-29-38-56-46(52)33-27-22-21-23-28-34-47(53)60-42-45(44-62-50(55)59-41-32-37-51(9-4)10-5)43-61-48(54)35-36-49(57-39-30-24-18-15-12-7-2)58-40-31-25-19-16-13-8-3/h26,29,45,49H,6-25,27-28,30-44H2,1-5H3. The molecule has 0 N–H and O–H groups in total. The molecule has 12 heteroatoms. The Kier molecular flexibility index (Phi) is 44.3. The van der Waals surface area contributed by atoms with Crippen LogP contribution in [0.1, 0.15) is 208 Å². The molecule has 0 aliphatic heterocycles. The first-order valence-electron chi connectivity index (χ1n) is 25.2. The number of nitrogens with zero attached hydrogens (tertiary/aromatic N) is 1. The largest absolute Gasteiger partial charge is 0.508 e. The SMILES string of the molecule is CCCCCCC=CCOC(=O)CCCCCCCC(=O)OCC(COC(=O)CCC(OCCCCCCCC)OCCCCCCCC)COC(=O)OCCCN(CC)CC. The zero-order valence-electron chi connectivity index (χ0n) is 40.4. The van der Waals surface area contributed by atoms with Crippen LogP contribution in [0.25, 0.3) is 0 Å². The Bertz CT molecular complexity index is 1050. The molecule has 0 bridgehead atoms. The van der Waals surface area contributed by atoms with Crippen molar-refractivity contribution in [1.82, 2.24) is 4.90 Å². The topological polar surface area (TPSA) is 136 Å². The van der Waals surface area contributed by atoms with E-state index < -0.39 is 24.3 Å². The van der Waals surface area contributed by atoms with Crippen molar-refractivity contribution in [3.8, 4) is 0 Å². The highest BCUT2D eigenvalue weighted by molar-refractivity contribution is 5.70. The van der Waals surface area contributed by atoms with Gasteiger partial charge in [-0.25, -0.2) is 4.79 Å². The van der Waals surface area contributed by atoms with Gasteiger partial charge in [0.1, 0.15) is 26.4 Å². The lowest BCUT2D eigenvalue weighted by molar-refractivity contribution is -0.161. The Morgan fingerprint density at radius 2 is 0.919 bits per heavy atom. The van der Waals surface area contributed by atoms with E-state index in [0.717, 1.165) is 77.4 Å². The van der Waals surface area contributed by atoms with Gasteiger partial charge in [-0.15, -0.1) is 0 Å². The van der Waals surface area contributed by atoms with Gasteiger partial charge in [-0.05, 0) is 58.0 Å². The fraction of sp³-hybridized carbons (Fsp3) is 0.880. The first-order valence-corrected chi connectivity index (χ1v) is 25.2. The minimum Gasteiger partial charge on any atom is -0.465 e. The van der Waals surface area contributed by atoms with Gasteiger partial charge in [0.25, 0.3) is 0 Å². The quantitative estimate of drug-likeness (QED) is 0.0189. The number of ether oxygens (including phenoxy) is 7. The minimum absolute atomic E-state index is 0.0666. The molecular formula is C50H93NO11. The summed E-state index contributed by atoms with van der Waals surface area (Å²) in [5, 5.41) is 0. The van der Waals surface area contributed by atoms with Crippen molar-refractivity contribution < 1.29 is 52.3 Å². The van der Waals surface area contributed by atoms with Crippen LogP contribution >= 0.6 is 0 Å². The van der Waals surface area contributed by atoms with Gasteiger partial charge < -0.3 is 38.1 Å². The van der Waals surface area contributed by atoms with Gasteiger partial charge in [-0.1, -0.05) is 150 Å². The van der Waals surface area contributed by atoms with Gasteiger partial charge in [-0.2, -0.15) is 0 Å². The molecule has 12 nitrogen and oxygen atoms in total. The highest BCUT2D eigenvalue weighted by Crippen LogP contribution is 2.14. The van der Waals surface area contributed by atoms with E-state index in [1.807, 2.05) is 6.08 Å². The van der Waals surface area contributed by atoms with Crippen molar-refractivity contribution in [3.05, 3.63) is 12.2 Å². The summed E-state index contributed by atoms with van der Waals surface area (Å²) >= 11 is 0. The van der Waals surface area contributed by atoms with E-state index in [2.05, 4.69) is 45.6 Å². The van der Waals surface area contributed by atoms with Crippen LogP contribution in [0.15, 0.2) is 12.2 Å². The van der Waals surface area contributed by atoms with Gasteiger partial charge in [0.15, 0.2) is 6.29 Å². The Labute approximate surface area is 378 Å². The predicted molar refractivity (Wildman–Crippen MR) is 248 cm³/mol.